The fourth-order valence-electron chi connectivity index (χ4n) is 3.78. The Hall–Kier alpha value is -3.83. The molecule has 1 aliphatic rings. The summed E-state index contributed by atoms with van der Waals surface area (Å²) in [5.41, 5.74) is 0.492. The Bertz CT molecular complexity index is 1520. The number of carbonyl (C=O) groups is 2. The van der Waals surface area contributed by atoms with Crippen molar-refractivity contribution in [3.63, 3.8) is 0 Å². The van der Waals surface area contributed by atoms with Gasteiger partial charge in [0.1, 0.15) is 24.0 Å². The highest BCUT2D eigenvalue weighted by Gasteiger charge is 2.32. The largest absolute Gasteiger partial charge is 0.488 e. The van der Waals surface area contributed by atoms with Crippen LogP contribution in [0.5, 0.6) is 5.75 Å². The van der Waals surface area contributed by atoms with Crippen molar-refractivity contribution in [1.29, 1.82) is 0 Å². The molecule has 0 spiro atoms. The lowest BCUT2D eigenvalue weighted by molar-refractivity contribution is -0.137. The number of nitrogens with one attached hydrogen (secondary N) is 2. The number of nitrogens with zero attached hydrogens (tertiary/aromatic N) is 3. The van der Waals surface area contributed by atoms with E-state index in [4.69, 9.17) is 27.9 Å². The first-order valence-corrected chi connectivity index (χ1v) is 11.6. The minimum atomic E-state index is -4.57. The van der Waals surface area contributed by atoms with Crippen molar-refractivity contribution in [2.24, 2.45) is 0 Å². The third-order valence-corrected chi connectivity index (χ3v) is 6.14. The maximum atomic E-state index is 13.2. The molecule has 2 aromatic heterocycles. The van der Waals surface area contributed by atoms with Crippen LogP contribution in [0.3, 0.4) is 0 Å². The predicted molar refractivity (Wildman–Crippen MR) is 131 cm³/mol. The molecule has 0 unspecified atom stereocenters. The van der Waals surface area contributed by atoms with Crippen molar-refractivity contribution in [2.75, 3.05) is 11.4 Å². The van der Waals surface area contributed by atoms with E-state index in [1.807, 2.05) is 0 Å². The van der Waals surface area contributed by atoms with E-state index in [0.29, 0.717) is 27.7 Å². The third kappa shape index (κ3) is 5.18. The van der Waals surface area contributed by atoms with Gasteiger partial charge < -0.3 is 9.72 Å². The molecule has 1 aliphatic heterocycles. The normalized spacial score (nSPS) is 14.2. The molecule has 4 aromatic rings. The lowest BCUT2D eigenvalue weighted by atomic mass is 10.2. The molecule has 3 amide bonds. The maximum absolute atomic E-state index is 13.2. The molecule has 0 saturated carbocycles. The molecule has 8 nitrogen and oxygen atoms in total. The van der Waals surface area contributed by atoms with E-state index < -0.39 is 17.8 Å². The van der Waals surface area contributed by atoms with Crippen molar-refractivity contribution < 1.29 is 27.5 Å². The van der Waals surface area contributed by atoms with Crippen LogP contribution < -0.4 is 15.0 Å². The number of rotatable bonds is 5. The number of carbonyl (C=O) groups excluding carboxylic acids is 2. The average molecular weight is 550 g/mol. The summed E-state index contributed by atoms with van der Waals surface area (Å²) in [6, 6.07) is 9.37. The quantitative estimate of drug-likeness (QED) is 0.319. The summed E-state index contributed by atoms with van der Waals surface area (Å²) in [5.74, 6) is 0.650. The molecule has 0 radical (unpaired) electrons. The second-order valence-electron chi connectivity index (χ2n) is 8.14. The number of amides is 3. The fraction of sp³-hybridized carbons (Fsp3) is 0.167. The zero-order chi connectivity index (χ0) is 26.3. The number of fused-ring (bicyclic) bond motifs is 1. The summed E-state index contributed by atoms with van der Waals surface area (Å²) < 4.78 is 45.5. The van der Waals surface area contributed by atoms with E-state index in [2.05, 4.69) is 20.3 Å². The molecule has 37 heavy (non-hydrogen) atoms. The van der Waals surface area contributed by atoms with Gasteiger partial charge >= 0.3 is 12.2 Å². The van der Waals surface area contributed by atoms with Crippen LogP contribution in [0.15, 0.2) is 48.7 Å². The van der Waals surface area contributed by atoms with Crippen molar-refractivity contribution in [3.8, 4) is 17.1 Å². The van der Waals surface area contributed by atoms with Gasteiger partial charge in [0.05, 0.1) is 27.2 Å². The van der Waals surface area contributed by atoms with E-state index in [0.717, 1.165) is 12.1 Å². The van der Waals surface area contributed by atoms with Gasteiger partial charge in [0, 0.05) is 29.7 Å². The first-order chi connectivity index (χ1) is 17.6. The molecule has 0 aliphatic carbocycles. The van der Waals surface area contributed by atoms with Gasteiger partial charge in [0.25, 0.3) is 0 Å². The number of halogens is 5. The van der Waals surface area contributed by atoms with Gasteiger partial charge in [-0.25, -0.2) is 14.8 Å². The van der Waals surface area contributed by atoms with Crippen LogP contribution in [-0.4, -0.2) is 33.4 Å². The zero-order valence-electron chi connectivity index (χ0n) is 18.7. The van der Waals surface area contributed by atoms with Gasteiger partial charge in [-0.05, 0) is 36.4 Å². The van der Waals surface area contributed by atoms with E-state index in [9.17, 15) is 22.8 Å². The Morgan fingerprint density at radius 2 is 1.89 bits per heavy atom. The van der Waals surface area contributed by atoms with Crippen LogP contribution >= 0.6 is 23.2 Å². The van der Waals surface area contributed by atoms with Crippen molar-refractivity contribution in [3.05, 3.63) is 69.8 Å². The highest BCUT2D eigenvalue weighted by atomic mass is 35.5. The third-order valence-electron chi connectivity index (χ3n) is 5.60. The summed E-state index contributed by atoms with van der Waals surface area (Å²) in [4.78, 5) is 36.2. The molecule has 1 saturated heterocycles. The van der Waals surface area contributed by atoms with Crippen molar-refractivity contribution in [1.82, 2.24) is 20.3 Å². The Morgan fingerprint density at radius 1 is 1.08 bits per heavy atom. The Kier molecular flexibility index (Phi) is 6.42. The number of ether oxygens (including phenoxy) is 1. The van der Waals surface area contributed by atoms with Crippen LogP contribution in [0.4, 0.5) is 23.8 Å². The second-order valence-corrected chi connectivity index (χ2v) is 8.99. The van der Waals surface area contributed by atoms with Gasteiger partial charge in [-0.2, -0.15) is 13.2 Å². The fourth-order valence-corrected chi connectivity index (χ4v) is 4.21. The van der Waals surface area contributed by atoms with Crippen LogP contribution in [-0.2, 0) is 17.6 Å². The van der Waals surface area contributed by atoms with Crippen LogP contribution in [0.2, 0.25) is 10.0 Å². The summed E-state index contributed by atoms with van der Waals surface area (Å²) in [6.07, 6.45) is -2.85. The molecule has 5 rings (SSSR count). The molecule has 2 aromatic carbocycles. The van der Waals surface area contributed by atoms with Crippen molar-refractivity contribution in [2.45, 2.75) is 19.2 Å². The number of hydrogen-bond donors (Lipinski definition) is 2. The minimum absolute atomic E-state index is 0.0454. The molecule has 0 atom stereocenters. The number of aromatic amines is 1. The van der Waals surface area contributed by atoms with Gasteiger partial charge in [-0.3, -0.25) is 15.0 Å². The Labute approximate surface area is 217 Å². The number of aromatic nitrogens is 3. The maximum Gasteiger partial charge on any atom is 0.416 e. The highest BCUT2D eigenvalue weighted by molar-refractivity contribution is 6.35. The average Bonchev–Trinajstić information content (AvgIpc) is 3.28. The van der Waals surface area contributed by atoms with Crippen molar-refractivity contribution >= 4 is 52.0 Å². The number of pyridine rings is 1. The molecule has 3 heterocycles. The minimum Gasteiger partial charge on any atom is -0.488 e. The number of urea groups is 1. The van der Waals surface area contributed by atoms with E-state index in [1.165, 1.54) is 11.1 Å². The first kappa shape index (κ1) is 24.8. The lowest BCUT2D eigenvalue weighted by Gasteiger charge is -2.25. The molecular weight excluding hydrogens is 534 g/mol. The second kappa shape index (κ2) is 9.56. The molecule has 2 N–H and O–H groups in total. The standard InChI is InChI=1S/C24H16Cl2F3N5O3/c25-14-2-3-18(37-11-12-1-4-19(30-10-12)34-6-5-20(35)32-23(34)36)15(9-14)22-31-17-8-13(24(27,28)29)7-16(26)21(17)33-22/h1-4,7-10H,5-6,11H2,(H,31,33)(H,32,35,36). The number of H-pyrrole nitrogens is 1. The van der Waals surface area contributed by atoms with E-state index in [1.54, 1.807) is 30.3 Å². The predicted octanol–water partition coefficient (Wildman–Crippen LogP) is 5.98. The molecule has 190 valence electrons. The monoisotopic (exact) mass is 549 g/mol. The lowest BCUT2D eigenvalue weighted by Crippen LogP contribution is -2.49. The molecular formula is C24H16Cl2F3N5O3. The van der Waals surface area contributed by atoms with Gasteiger partial charge in [-0.15, -0.1) is 0 Å². The number of anilines is 1. The number of imidazole rings is 1. The smallest absolute Gasteiger partial charge is 0.416 e. The van der Waals surface area contributed by atoms with Gasteiger partial charge in [-0.1, -0.05) is 29.3 Å². The number of benzene rings is 2. The van der Waals surface area contributed by atoms with Crippen LogP contribution in [0.25, 0.3) is 22.4 Å². The summed E-state index contributed by atoms with van der Waals surface area (Å²) in [6.45, 7) is 0.319. The summed E-state index contributed by atoms with van der Waals surface area (Å²) in [7, 11) is 0. The Morgan fingerprint density at radius 3 is 2.59 bits per heavy atom. The SMILES string of the molecule is O=C1CCN(c2ccc(COc3ccc(Cl)cc3-c3nc4cc(C(F)(F)F)cc(Cl)c4[nH]3)cn2)C(=O)N1. The summed E-state index contributed by atoms with van der Waals surface area (Å²) >= 11 is 12.3. The van der Waals surface area contributed by atoms with E-state index >= 15 is 0 Å². The van der Waals surface area contributed by atoms with E-state index in [-0.39, 0.29) is 47.4 Å². The van der Waals surface area contributed by atoms with Crippen LogP contribution in [0, 0.1) is 0 Å². The van der Waals surface area contributed by atoms with Gasteiger partial charge in [0.15, 0.2) is 0 Å². The van der Waals surface area contributed by atoms with Crippen LogP contribution in [0.1, 0.15) is 17.5 Å². The highest BCUT2D eigenvalue weighted by Crippen LogP contribution is 2.37. The number of hydrogen-bond acceptors (Lipinski definition) is 5. The first-order valence-electron chi connectivity index (χ1n) is 10.8. The van der Waals surface area contributed by atoms with Gasteiger partial charge in [0.2, 0.25) is 5.91 Å². The molecule has 1 fully saturated rings. The topological polar surface area (TPSA) is 100 Å². The number of alkyl halides is 3. The summed E-state index contributed by atoms with van der Waals surface area (Å²) in [5, 5.41) is 2.49. The molecule has 13 heteroatoms. The molecule has 0 bridgehead atoms. The number of imide groups is 1. The Balaban J connectivity index is 1.38. The zero-order valence-corrected chi connectivity index (χ0v) is 20.2.